The number of hydrogen-bond acceptors (Lipinski definition) is 4. The van der Waals surface area contributed by atoms with Crippen LogP contribution >= 0.6 is 0 Å². The van der Waals surface area contributed by atoms with Crippen molar-refractivity contribution >= 4 is 10.1 Å². The van der Waals surface area contributed by atoms with E-state index < -0.39 is 16.2 Å². The van der Waals surface area contributed by atoms with Crippen LogP contribution in [0, 0.1) is 0 Å². The molecule has 0 aliphatic heterocycles. The van der Waals surface area contributed by atoms with E-state index in [0.29, 0.717) is 6.42 Å². The summed E-state index contributed by atoms with van der Waals surface area (Å²) in [6.45, 7) is 2.03. The summed E-state index contributed by atoms with van der Waals surface area (Å²) in [5, 5.41) is 9.38. The Morgan fingerprint density at radius 1 is 1.20 bits per heavy atom. The Kier molecular flexibility index (Phi) is 8.00. The van der Waals surface area contributed by atoms with E-state index in [1.54, 1.807) is 0 Å². The smallest absolute Gasteiger partial charge is 0.264 e. The average Bonchev–Trinajstić information content (AvgIpc) is 2.13. The van der Waals surface area contributed by atoms with Crippen LogP contribution in [0.15, 0.2) is 0 Å². The zero-order chi connectivity index (χ0) is 11.7. The van der Waals surface area contributed by atoms with E-state index >= 15 is 0 Å². The molecule has 0 fully saturated rings. The second kappa shape index (κ2) is 8.07. The van der Waals surface area contributed by atoms with Gasteiger partial charge in [-0.3, -0.25) is 4.18 Å². The summed E-state index contributed by atoms with van der Waals surface area (Å²) in [6, 6.07) is 0. The summed E-state index contributed by atoms with van der Waals surface area (Å²) in [7, 11) is -3.42. The topological polar surface area (TPSA) is 63.6 Å². The van der Waals surface area contributed by atoms with Crippen molar-refractivity contribution in [3.63, 3.8) is 0 Å². The predicted molar refractivity (Wildman–Crippen MR) is 60.2 cm³/mol. The molecule has 0 aromatic carbocycles. The molecule has 92 valence electrons. The van der Waals surface area contributed by atoms with E-state index in [-0.39, 0.29) is 6.61 Å². The molecule has 4 nitrogen and oxygen atoms in total. The molecular weight excluding hydrogens is 216 g/mol. The van der Waals surface area contributed by atoms with Crippen LogP contribution in [0.5, 0.6) is 0 Å². The minimum atomic E-state index is -3.42. The molecule has 5 heteroatoms. The van der Waals surface area contributed by atoms with Gasteiger partial charge in [0.1, 0.15) is 0 Å². The summed E-state index contributed by atoms with van der Waals surface area (Å²) < 4.78 is 25.7. The first-order chi connectivity index (χ1) is 6.95. The molecule has 0 radical (unpaired) electrons. The first kappa shape index (κ1) is 14.9. The van der Waals surface area contributed by atoms with Gasteiger partial charge in [-0.1, -0.05) is 39.0 Å². The van der Waals surface area contributed by atoms with Gasteiger partial charge < -0.3 is 5.11 Å². The lowest BCUT2D eigenvalue weighted by molar-refractivity contribution is 0.101. The zero-order valence-electron chi connectivity index (χ0n) is 9.61. The second-order valence-electron chi connectivity index (χ2n) is 3.85. The number of aliphatic hydroxyl groups is 1. The molecule has 0 heterocycles. The van der Waals surface area contributed by atoms with E-state index in [4.69, 9.17) is 0 Å². The molecule has 0 bridgehead atoms. The molecule has 1 atom stereocenters. The number of unbranched alkanes of at least 4 members (excludes halogenated alkanes) is 4. The molecule has 0 rings (SSSR count). The Balaban J connectivity index is 3.37. The molecule has 15 heavy (non-hydrogen) atoms. The van der Waals surface area contributed by atoms with Gasteiger partial charge in [-0.25, -0.2) is 0 Å². The molecule has 1 N–H and O–H groups in total. The van der Waals surface area contributed by atoms with Gasteiger partial charge in [-0.15, -0.1) is 0 Å². The van der Waals surface area contributed by atoms with Crippen LogP contribution in [-0.4, -0.2) is 32.5 Å². The molecule has 0 aliphatic rings. The largest absolute Gasteiger partial charge is 0.391 e. The van der Waals surface area contributed by atoms with Crippen LogP contribution < -0.4 is 0 Å². The van der Waals surface area contributed by atoms with E-state index in [2.05, 4.69) is 11.1 Å². The van der Waals surface area contributed by atoms with Crippen LogP contribution in [-0.2, 0) is 14.3 Å². The van der Waals surface area contributed by atoms with Gasteiger partial charge in [-0.2, -0.15) is 8.42 Å². The van der Waals surface area contributed by atoms with Gasteiger partial charge in [0.25, 0.3) is 10.1 Å². The normalized spacial score (nSPS) is 14.1. The van der Waals surface area contributed by atoms with Crippen molar-refractivity contribution in [2.75, 3.05) is 12.9 Å². The maximum Gasteiger partial charge on any atom is 0.264 e. The van der Waals surface area contributed by atoms with E-state index in [9.17, 15) is 13.5 Å². The fourth-order valence-corrected chi connectivity index (χ4v) is 1.67. The molecule has 0 amide bonds. The Hall–Kier alpha value is -0.130. The molecular formula is C10H22O4S. The lowest BCUT2D eigenvalue weighted by atomic mass is 10.1. The highest BCUT2D eigenvalue weighted by molar-refractivity contribution is 7.85. The Bertz CT molecular complexity index is 236. The molecule has 1 unspecified atom stereocenters. The molecule has 0 saturated carbocycles. The maximum atomic E-state index is 10.6. The zero-order valence-corrected chi connectivity index (χ0v) is 10.4. The number of rotatable bonds is 9. The Morgan fingerprint density at radius 2 is 1.80 bits per heavy atom. The molecule has 0 aromatic rings. The van der Waals surface area contributed by atoms with Crippen molar-refractivity contribution in [1.82, 2.24) is 0 Å². The van der Waals surface area contributed by atoms with Crippen molar-refractivity contribution < 1.29 is 17.7 Å². The Morgan fingerprint density at radius 3 is 2.33 bits per heavy atom. The summed E-state index contributed by atoms with van der Waals surface area (Å²) >= 11 is 0. The molecule has 0 aliphatic carbocycles. The highest BCUT2D eigenvalue weighted by atomic mass is 32.2. The van der Waals surface area contributed by atoms with Gasteiger partial charge in [0.15, 0.2) is 0 Å². The van der Waals surface area contributed by atoms with Crippen LogP contribution in [0.4, 0.5) is 0 Å². The van der Waals surface area contributed by atoms with Crippen LogP contribution in [0.2, 0.25) is 0 Å². The minimum Gasteiger partial charge on any atom is -0.391 e. The van der Waals surface area contributed by atoms with Crippen molar-refractivity contribution in [3.8, 4) is 0 Å². The lowest BCUT2D eigenvalue weighted by Crippen LogP contribution is -2.17. The third kappa shape index (κ3) is 11.8. The second-order valence-corrected chi connectivity index (χ2v) is 5.49. The van der Waals surface area contributed by atoms with E-state index in [1.807, 2.05) is 0 Å². The van der Waals surface area contributed by atoms with E-state index in [1.165, 1.54) is 19.3 Å². The van der Waals surface area contributed by atoms with Crippen LogP contribution in [0.1, 0.15) is 45.4 Å². The SMILES string of the molecule is CCCCCCCC(O)COS(C)(=O)=O. The van der Waals surface area contributed by atoms with Gasteiger partial charge in [0.2, 0.25) is 0 Å². The predicted octanol–water partition coefficient (Wildman–Crippen LogP) is 1.68. The van der Waals surface area contributed by atoms with Crippen LogP contribution in [0.3, 0.4) is 0 Å². The fraction of sp³-hybridized carbons (Fsp3) is 1.00. The highest BCUT2D eigenvalue weighted by Crippen LogP contribution is 2.07. The van der Waals surface area contributed by atoms with Crippen molar-refractivity contribution in [3.05, 3.63) is 0 Å². The first-order valence-electron chi connectivity index (χ1n) is 5.48. The first-order valence-corrected chi connectivity index (χ1v) is 7.30. The van der Waals surface area contributed by atoms with Crippen molar-refractivity contribution in [1.29, 1.82) is 0 Å². The molecule has 0 aromatic heterocycles. The summed E-state index contributed by atoms with van der Waals surface area (Å²) in [4.78, 5) is 0. The van der Waals surface area contributed by atoms with Gasteiger partial charge in [-0.05, 0) is 6.42 Å². The van der Waals surface area contributed by atoms with Gasteiger partial charge in [0, 0.05) is 0 Å². The van der Waals surface area contributed by atoms with Crippen molar-refractivity contribution in [2.45, 2.75) is 51.6 Å². The molecule has 0 saturated heterocycles. The molecule has 0 spiro atoms. The number of aliphatic hydroxyl groups excluding tert-OH is 1. The summed E-state index contributed by atoms with van der Waals surface area (Å²) in [5.74, 6) is 0. The lowest BCUT2D eigenvalue weighted by Gasteiger charge is -2.09. The minimum absolute atomic E-state index is 0.118. The maximum absolute atomic E-state index is 10.6. The van der Waals surface area contributed by atoms with Gasteiger partial charge in [0.05, 0.1) is 19.0 Å². The highest BCUT2D eigenvalue weighted by Gasteiger charge is 2.08. The van der Waals surface area contributed by atoms with E-state index in [0.717, 1.165) is 19.1 Å². The third-order valence-corrected chi connectivity index (χ3v) is 2.68. The van der Waals surface area contributed by atoms with Crippen LogP contribution in [0.25, 0.3) is 0 Å². The Labute approximate surface area is 92.8 Å². The number of hydrogen-bond donors (Lipinski definition) is 1. The monoisotopic (exact) mass is 238 g/mol. The average molecular weight is 238 g/mol. The standard InChI is InChI=1S/C10H22O4S/c1-3-4-5-6-7-8-10(11)9-14-15(2,12)13/h10-11H,3-9H2,1-2H3. The summed E-state index contributed by atoms with van der Waals surface area (Å²) in [6.07, 6.45) is 6.53. The summed E-state index contributed by atoms with van der Waals surface area (Å²) in [5.41, 5.74) is 0. The van der Waals surface area contributed by atoms with Crippen molar-refractivity contribution in [2.24, 2.45) is 0 Å². The quantitative estimate of drug-likeness (QED) is 0.490. The fourth-order valence-electron chi connectivity index (χ4n) is 1.27. The van der Waals surface area contributed by atoms with Gasteiger partial charge >= 0.3 is 0 Å². The third-order valence-electron chi connectivity index (χ3n) is 2.12.